The molecule has 126 valence electrons. The van der Waals surface area contributed by atoms with E-state index in [9.17, 15) is 9.59 Å². The van der Waals surface area contributed by atoms with E-state index in [1.165, 1.54) is 4.90 Å². The SMILES string of the molecule is CC(C)N(CC(=O)O)C(=O)c1cccc(OCC2CCCO2)c1. The average Bonchev–Trinajstić information content (AvgIpc) is 3.03. The first kappa shape index (κ1) is 17.3. The molecule has 1 heterocycles. The smallest absolute Gasteiger partial charge is 0.323 e. The Labute approximate surface area is 136 Å². The average molecular weight is 321 g/mol. The summed E-state index contributed by atoms with van der Waals surface area (Å²) in [5.74, 6) is -0.756. The van der Waals surface area contributed by atoms with Crippen LogP contribution in [-0.2, 0) is 9.53 Å². The first-order valence-electron chi connectivity index (χ1n) is 7.84. The van der Waals surface area contributed by atoms with Crippen LogP contribution in [0.4, 0.5) is 0 Å². The van der Waals surface area contributed by atoms with Crippen LogP contribution in [-0.4, -0.2) is 53.8 Å². The summed E-state index contributed by atoms with van der Waals surface area (Å²) in [4.78, 5) is 24.8. The van der Waals surface area contributed by atoms with Gasteiger partial charge in [-0.2, -0.15) is 0 Å². The van der Waals surface area contributed by atoms with Crippen LogP contribution in [0.3, 0.4) is 0 Å². The van der Waals surface area contributed by atoms with E-state index < -0.39 is 5.97 Å². The van der Waals surface area contributed by atoms with Crippen molar-refractivity contribution in [1.82, 2.24) is 4.90 Å². The predicted octanol–water partition coefficient (Wildman–Crippen LogP) is 2.18. The van der Waals surface area contributed by atoms with Crippen molar-refractivity contribution in [1.29, 1.82) is 0 Å². The third kappa shape index (κ3) is 4.96. The van der Waals surface area contributed by atoms with Gasteiger partial charge in [0.05, 0.1) is 6.10 Å². The molecule has 6 nitrogen and oxygen atoms in total. The minimum atomic E-state index is -1.03. The fraction of sp³-hybridized carbons (Fsp3) is 0.529. The molecule has 1 N–H and O–H groups in total. The van der Waals surface area contributed by atoms with Gasteiger partial charge in [-0.3, -0.25) is 9.59 Å². The Morgan fingerprint density at radius 3 is 2.83 bits per heavy atom. The Hall–Kier alpha value is -2.08. The summed E-state index contributed by atoms with van der Waals surface area (Å²) in [6.45, 7) is 4.49. The van der Waals surface area contributed by atoms with Crippen molar-refractivity contribution in [3.8, 4) is 5.75 Å². The van der Waals surface area contributed by atoms with Crippen molar-refractivity contribution < 1.29 is 24.2 Å². The van der Waals surface area contributed by atoms with Crippen LogP contribution in [0.2, 0.25) is 0 Å². The molecule has 0 saturated carbocycles. The number of nitrogens with zero attached hydrogens (tertiary/aromatic N) is 1. The number of rotatable bonds is 7. The van der Waals surface area contributed by atoms with Gasteiger partial charge in [-0.1, -0.05) is 6.07 Å². The first-order valence-corrected chi connectivity index (χ1v) is 7.84. The minimum absolute atomic E-state index is 0.105. The number of hydrogen-bond acceptors (Lipinski definition) is 4. The van der Waals surface area contributed by atoms with E-state index in [0.717, 1.165) is 19.4 Å². The number of carbonyl (C=O) groups is 2. The first-order chi connectivity index (χ1) is 11.0. The minimum Gasteiger partial charge on any atom is -0.491 e. The highest BCUT2D eigenvalue weighted by Gasteiger charge is 2.22. The summed E-state index contributed by atoms with van der Waals surface area (Å²) in [5.41, 5.74) is 0.421. The maximum atomic E-state index is 12.5. The highest BCUT2D eigenvalue weighted by molar-refractivity contribution is 5.96. The van der Waals surface area contributed by atoms with Gasteiger partial charge >= 0.3 is 5.97 Å². The second-order valence-corrected chi connectivity index (χ2v) is 5.89. The van der Waals surface area contributed by atoms with E-state index in [4.69, 9.17) is 14.6 Å². The molecule has 23 heavy (non-hydrogen) atoms. The predicted molar refractivity (Wildman–Crippen MR) is 84.7 cm³/mol. The molecular weight excluding hydrogens is 298 g/mol. The molecule has 2 rings (SSSR count). The van der Waals surface area contributed by atoms with Crippen molar-refractivity contribution in [3.63, 3.8) is 0 Å². The standard InChI is InChI=1S/C17H23NO5/c1-12(2)18(10-16(19)20)17(21)13-5-3-6-14(9-13)23-11-15-7-4-8-22-15/h3,5-6,9,12,15H,4,7-8,10-11H2,1-2H3,(H,19,20). The third-order valence-electron chi connectivity index (χ3n) is 3.73. The Kier molecular flexibility index (Phi) is 5.98. The lowest BCUT2D eigenvalue weighted by atomic mass is 10.1. The number of amides is 1. The molecule has 0 radical (unpaired) electrons. The quantitative estimate of drug-likeness (QED) is 0.833. The van der Waals surface area contributed by atoms with E-state index in [-0.39, 0.29) is 24.6 Å². The molecule has 0 spiro atoms. The van der Waals surface area contributed by atoms with Gasteiger partial charge < -0.3 is 19.5 Å². The molecule has 1 unspecified atom stereocenters. The van der Waals surface area contributed by atoms with Crippen molar-refractivity contribution in [3.05, 3.63) is 29.8 Å². The molecule has 0 bridgehead atoms. The zero-order chi connectivity index (χ0) is 16.8. The van der Waals surface area contributed by atoms with E-state index in [1.54, 1.807) is 38.1 Å². The zero-order valence-electron chi connectivity index (χ0n) is 13.5. The number of benzene rings is 1. The van der Waals surface area contributed by atoms with Crippen LogP contribution < -0.4 is 4.74 Å². The molecule has 0 aliphatic carbocycles. The van der Waals surface area contributed by atoms with Crippen molar-refractivity contribution >= 4 is 11.9 Å². The molecular formula is C17H23NO5. The van der Waals surface area contributed by atoms with Gasteiger partial charge in [0, 0.05) is 18.2 Å². The zero-order valence-corrected chi connectivity index (χ0v) is 13.5. The highest BCUT2D eigenvalue weighted by atomic mass is 16.5. The number of hydrogen-bond donors (Lipinski definition) is 1. The lowest BCUT2D eigenvalue weighted by Gasteiger charge is -2.25. The molecule has 1 aliphatic rings. The number of aliphatic carboxylic acids is 1. The molecule has 1 aromatic rings. The monoisotopic (exact) mass is 321 g/mol. The van der Waals surface area contributed by atoms with Crippen LogP contribution in [0.25, 0.3) is 0 Å². The van der Waals surface area contributed by atoms with Crippen LogP contribution in [0.5, 0.6) is 5.75 Å². The Morgan fingerprint density at radius 2 is 2.22 bits per heavy atom. The summed E-state index contributed by atoms with van der Waals surface area (Å²) < 4.78 is 11.2. The van der Waals surface area contributed by atoms with Crippen molar-refractivity contribution in [2.45, 2.75) is 38.8 Å². The second kappa shape index (κ2) is 7.97. The van der Waals surface area contributed by atoms with Gasteiger partial charge in [-0.05, 0) is 44.9 Å². The van der Waals surface area contributed by atoms with Crippen LogP contribution >= 0.6 is 0 Å². The van der Waals surface area contributed by atoms with E-state index in [2.05, 4.69) is 0 Å². The summed E-state index contributed by atoms with van der Waals surface area (Å²) in [6, 6.07) is 6.63. The molecule has 1 atom stereocenters. The van der Waals surface area contributed by atoms with E-state index >= 15 is 0 Å². The fourth-order valence-electron chi connectivity index (χ4n) is 2.48. The normalized spacial score (nSPS) is 17.3. The molecule has 1 aliphatic heterocycles. The molecule has 1 saturated heterocycles. The maximum Gasteiger partial charge on any atom is 0.323 e. The van der Waals surface area contributed by atoms with Gasteiger partial charge in [-0.25, -0.2) is 0 Å². The summed E-state index contributed by atoms with van der Waals surface area (Å²) in [5, 5.41) is 8.96. The lowest BCUT2D eigenvalue weighted by molar-refractivity contribution is -0.138. The Bertz CT molecular complexity index is 552. The molecule has 1 amide bonds. The number of carboxylic acids is 1. The third-order valence-corrected chi connectivity index (χ3v) is 3.73. The summed E-state index contributed by atoms with van der Waals surface area (Å²) in [7, 11) is 0. The van der Waals surface area contributed by atoms with Gasteiger partial charge in [-0.15, -0.1) is 0 Å². The van der Waals surface area contributed by atoms with Crippen LogP contribution in [0.1, 0.15) is 37.0 Å². The van der Waals surface area contributed by atoms with Crippen molar-refractivity contribution in [2.75, 3.05) is 19.8 Å². The maximum absolute atomic E-state index is 12.5. The largest absolute Gasteiger partial charge is 0.491 e. The van der Waals surface area contributed by atoms with Gasteiger partial charge in [0.15, 0.2) is 0 Å². The highest BCUT2D eigenvalue weighted by Crippen LogP contribution is 2.18. The summed E-state index contributed by atoms with van der Waals surface area (Å²) in [6.07, 6.45) is 2.14. The lowest BCUT2D eigenvalue weighted by Crippen LogP contribution is -2.40. The van der Waals surface area contributed by atoms with Crippen molar-refractivity contribution in [2.24, 2.45) is 0 Å². The topological polar surface area (TPSA) is 76.1 Å². The fourth-order valence-corrected chi connectivity index (χ4v) is 2.48. The molecule has 6 heteroatoms. The van der Waals surface area contributed by atoms with E-state index in [1.807, 2.05) is 0 Å². The molecule has 0 aromatic heterocycles. The summed E-state index contributed by atoms with van der Waals surface area (Å²) >= 11 is 0. The number of carbonyl (C=O) groups excluding carboxylic acids is 1. The van der Waals surface area contributed by atoms with Gasteiger partial charge in [0.2, 0.25) is 0 Å². The number of carboxylic acid groups (broad SMARTS) is 1. The van der Waals surface area contributed by atoms with E-state index in [0.29, 0.717) is 17.9 Å². The Morgan fingerprint density at radius 1 is 1.43 bits per heavy atom. The van der Waals surface area contributed by atoms with Gasteiger partial charge in [0.25, 0.3) is 5.91 Å². The molecule has 1 aromatic carbocycles. The van der Waals surface area contributed by atoms with Crippen LogP contribution in [0, 0.1) is 0 Å². The second-order valence-electron chi connectivity index (χ2n) is 5.89. The van der Waals surface area contributed by atoms with Crippen LogP contribution in [0.15, 0.2) is 24.3 Å². The Balaban J connectivity index is 2.04. The van der Waals surface area contributed by atoms with Gasteiger partial charge in [0.1, 0.15) is 18.9 Å². The molecule has 1 fully saturated rings. The number of ether oxygens (including phenoxy) is 2.